The zero-order chi connectivity index (χ0) is 35.4. The standard InChI is InChI=1S/C34H37N9O8/c1-44-33-27(40-43-37)31(29-25(49-33)20-47-32(50-29)23-15-9-4-10-16-23)51-34-26(39-42-36)30(46-19-22-13-7-3-8-14-22)28(24(48-34)17-38-41-35)45-18-21-11-5-2-6-12-21/h2-16,24-34H,17-20H2,1H3/t24-,25-,26-,27-,28-,29-,30-,31-,32-,33-,34-/m1/s1. The normalized spacial score (nSPS) is 31.6. The second-order valence-corrected chi connectivity index (χ2v) is 11.9. The van der Waals surface area contributed by atoms with Gasteiger partial charge in [0.1, 0.15) is 42.6 Å². The van der Waals surface area contributed by atoms with Gasteiger partial charge in [-0.2, -0.15) is 0 Å². The van der Waals surface area contributed by atoms with Gasteiger partial charge >= 0.3 is 0 Å². The van der Waals surface area contributed by atoms with E-state index in [1.54, 1.807) is 0 Å². The number of rotatable bonds is 14. The van der Waals surface area contributed by atoms with E-state index in [-0.39, 0.29) is 26.4 Å². The van der Waals surface area contributed by atoms with Crippen molar-refractivity contribution in [3.63, 3.8) is 0 Å². The molecule has 3 saturated heterocycles. The predicted octanol–water partition coefficient (Wildman–Crippen LogP) is 6.42. The van der Waals surface area contributed by atoms with Crippen LogP contribution >= 0.6 is 0 Å². The van der Waals surface area contributed by atoms with Crippen molar-refractivity contribution in [2.24, 2.45) is 15.3 Å². The highest BCUT2D eigenvalue weighted by Crippen LogP contribution is 2.39. The van der Waals surface area contributed by atoms with E-state index in [1.807, 2.05) is 91.0 Å². The van der Waals surface area contributed by atoms with Crippen molar-refractivity contribution in [3.05, 3.63) is 139 Å². The number of benzene rings is 3. The van der Waals surface area contributed by atoms with Crippen LogP contribution in [0.3, 0.4) is 0 Å². The lowest BCUT2D eigenvalue weighted by atomic mass is 9.94. The molecule has 17 nitrogen and oxygen atoms in total. The summed E-state index contributed by atoms with van der Waals surface area (Å²) in [5, 5.41) is 11.9. The molecule has 51 heavy (non-hydrogen) atoms. The Hall–Kier alpha value is -4.73. The Morgan fingerprint density at radius 1 is 0.686 bits per heavy atom. The average Bonchev–Trinajstić information content (AvgIpc) is 3.18. The molecular formula is C34H37N9O8. The second-order valence-electron chi connectivity index (χ2n) is 11.9. The van der Waals surface area contributed by atoms with Crippen LogP contribution in [0.2, 0.25) is 0 Å². The van der Waals surface area contributed by atoms with Crippen LogP contribution < -0.4 is 0 Å². The fourth-order valence-electron chi connectivity index (χ4n) is 6.40. The highest BCUT2D eigenvalue weighted by atomic mass is 16.8. The third kappa shape index (κ3) is 8.78. The number of azide groups is 3. The zero-order valence-electron chi connectivity index (χ0n) is 27.6. The topological polar surface area (TPSA) is 220 Å². The summed E-state index contributed by atoms with van der Waals surface area (Å²) >= 11 is 0. The summed E-state index contributed by atoms with van der Waals surface area (Å²) in [6.07, 6.45) is -8.51. The summed E-state index contributed by atoms with van der Waals surface area (Å²) in [5.41, 5.74) is 31.2. The van der Waals surface area contributed by atoms with Gasteiger partial charge in [-0.1, -0.05) is 106 Å². The summed E-state index contributed by atoms with van der Waals surface area (Å²) < 4.78 is 50.2. The minimum atomic E-state index is -1.32. The molecule has 3 aromatic carbocycles. The largest absolute Gasteiger partial charge is 0.370 e. The van der Waals surface area contributed by atoms with Crippen molar-refractivity contribution in [2.75, 3.05) is 20.3 Å². The van der Waals surface area contributed by atoms with Gasteiger partial charge in [0.2, 0.25) is 0 Å². The van der Waals surface area contributed by atoms with E-state index in [0.717, 1.165) is 16.7 Å². The van der Waals surface area contributed by atoms with E-state index >= 15 is 0 Å². The van der Waals surface area contributed by atoms with Crippen LogP contribution in [0.5, 0.6) is 0 Å². The molecule has 3 aliphatic rings. The van der Waals surface area contributed by atoms with Crippen molar-refractivity contribution in [3.8, 4) is 0 Å². The molecule has 266 valence electrons. The molecule has 11 atom stereocenters. The number of fused-ring (bicyclic) bond motifs is 1. The van der Waals surface area contributed by atoms with Gasteiger partial charge in [-0.15, -0.1) is 0 Å². The van der Waals surface area contributed by atoms with E-state index < -0.39 is 67.6 Å². The molecule has 3 aliphatic heterocycles. The lowest BCUT2D eigenvalue weighted by Crippen LogP contribution is -2.66. The average molecular weight is 700 g/mol. The monoisotopic (exact) mass is 699 g/mol. The molecule has 0 saturated carbocycles. The summed E-state index contributed by atoms with van der Waals surface area (Å²) in [5.74, 6) is 0. The van der Waals surface area contributed by atoms with Gasteiger partial charge in [-0.25, -0.2) is 0 Å². The third-order valence-electron chi connectivity index (χ3n) is 8.78. The Balaban J connectivity index is 1.35. The van der Waals surface area contributed by atoms with Gasteiger partial charge < -0.3 is 37.9 Å². The number of ether oxygens (including phenoxy) is 8. The summed E-state index contributed by atoms with van der Waals surface area (Å²) in [6.45, 7) is 0.234. The first-order chi connectivity index (χ1) is 25.1. The Morgan fingerprint density at radius 2 is 1.27 bits per heavy atom. The summed E-state index contributed by atoms with van der Waals surface area (Å²) in [4.78, 5) is 9.13. The van der Waals surface area contributed by atoms with Gasteiger partial charge in [-0.3, -0.25) is 0 Å². The van der Waals surface area contributed by atoms with Crippen LogP contribution in [0, 0.1) is 0 Å². The van der Waals surface area contributed by atoms with Crippen molar-refractivity contribution >= 4 is 0 Å². The van der Waals surface area contributed by atoms with Crippen LogP contribution in [-0.4, -0.2) is 81.5 Å². The maximum atomic E-state index is 9.85. The molecule has 0 aromatic heterocycles. The van der Waals surface area contributed by atoms with E-state index in [9.17, 15) is 16.6 Å². The molecule has 3 heterocycles. The Kier molecular flexibility index (Phi) is 12.7. The van der Waals surface area contributed by atoms with E-state index in [0.29, 0.717) is 0 Å². The molecule has 0 unspecified atom stereocenters. The molecule has 6 rings (SSSR count). The summed E-state index contributed by atoms with van der Waals surface area (Å²) in [7, 11) is 1.41. The Labute approximate surface area is 293 Å². The second kappa shape index (κ2) is 18.0. The van der Waals surface area contributed by atoms with Gasteiger partial charge in [0.25, 0.3) is 0 Å². The quantitative estimate of drug-likeness (QED) is 0.103. The first kappa shape index (κ1) is 36.1. The molecule has 0 amide bonds. The number of hydrogen-bond donors (Lipinski definition) is 0. The molecule has 0 radical (unpaired) electrons. The van der Waals surface area contributed by atoms with Crippen molar-refractivity contribution < 1.29 is 37.9 Å². The first-order valence-electron chi connectivity index (χ1n) is 16.3. The van der Waals surface area contributed by atoms with Gasteiger partial charge in [0, 0.05) is 27.4 Å². The number of hydrogen-bond acceptors (Lipinski definition) is 11. The minimum absolute atomic E-state index is 0.107. The highest BCUT2D eigenvalue weighted by Gasteiger charge is 2.55. The first-order valence-corrected chi connectivity index (χ1v) is 16.3. The molecule has 3 aromatic rings. The Morgan fingerprint density at radius 3 is 1.86 bits per heavy atom. The van der Waals surface area contributed by atoms with Gasteiger partial charge in [0.15, 0.2) is 18.9 Å². The molecule has 3 fully saturated rings. The highest BCUT2D eigenvalue weighted by molar-refractivity contribution is 5.17. The van der Waals surface area contributed by atoms with Crippen LogP contribution in [0.25, 0.3) is 31.3 Å². The van der Waals surface area contributed by atoms with E-state index in [2.05, 4.69) is 30.1 Å². The molecule has 0 bridgehead atoms. The molecule has 17 heteroatoms. The van der Waals surface area contributed by atoms with Crippen molar-refractivity contribution in [1.29, 1.82) is 0 Å². The third-order valence-corrected chi connectivity index (χ3v) is 8.78. The maximum Gasteiger partial charge on any atom is 0.184 e. The summed E-state index contributed by atoms with van der Waals surface area (Å²) in [6, 6.07) is 26.0. The smallest absolute Gasteiger partial charge is 0.184 e. The maximum absolute atomic E-state index is 9.85. The lowest BCUT2D eigenvalue weighted by molar-refractivity contribution is -0.366. The molecule has 0 aliphatic carbocycles. The zero-order valence-corrected chi connectivity index (χ0v) is 27.6. The van der Waals surface area contributed by atoms with Crippen LogP contribution in [0.1, 0.15) is 23.0 Å². The fourth-order valence-corrected chi connectivity index (χ4v) is 6.40. The lowest BCUT2D eigenvalue weighted by Gasteiger charge is -2.50. The number of methoxy groups -OCH3 is 1. The van der Waals surface area contributed by atoms with Crippen molar-refractivity contribution in [2.45, 2.75) is 80.8 Å². The predicted molar refractivity (Wildman–Crippen MR) is 179 cm³/mol. The van der Waals surface area contributed by atoms with Gasteiger partial charge in [-0.05, 0) is 27.7 Å². The van der Waals surface area contributed by atoms with Crippen LogP contribution in [-0.2, 0) is 51.1 Å². The number of nitrogens with zero attached hydrogens (tertiary/aromatic N) is 9. The van der Waals surface area contributed by atoms with E-state index in [4.69, 9.17) is 37.9 Å². The molecular weight excluding hydrogens is 662 g/mol. The van der Waals surface area contributed by atoms with Crippen molar-refractivity contribution in [1.82, 2.24) is 0 Å². The molecule has 0 spiro atoms. The SMILES string of the molecule is CO[C@@H]1O[C@@H]2CO[C@@H](c3ccccc3)O[C@H]2[C@H](O[C@H]2O[C@H](CN=[N+]=[N-])[C@@H](OCc3ccccc3)[C@H](OCc3ccccc3)[C@H]2N=[N+]=[N-])[C@H]1N=[N+]=[N-]. The van der Waals surface area contributed by atoms with E-state index in [1.165, 1.54) is 7.11 Å². The molecule has 0 N–H and O–H groups in total. The minimum Gasteiger partial charge on any atom is -0.370 e. The fraction of sp³-hybridized carbons (Fsp3) is 0.471. The Bertz CT molecular complexity index is 1690. The van der Waals surface area contributed by atoms with Crippen LogP contribution in [0.15, 0.2) is 106 Å². The van der Waals surface area contributed by atoms with Gasteiger partial charge in [0.05, 0.1) is 32.5 Å². The van der Waals surface area contributed by atoms with Crippen LogP contribution in [0.4, 0.5) is 0 Å².